The van der Waals surface area contributed by atoms with Crippen molar-refractivity contribution in [3.8, 4) is 0 Å². The number of nitrogens with zero attached hydrogens (tertiary/aromatic N) is 4. The minimum atomic E-state index is -1.20. The third-order valence-electron chi connectivity index (χ3n) is 5.48. The Kier molecular flexibility index (Phi) is 7.70. The van der Waals surface area contributed by atoms with Crippen LogP contribution in [-0.4, -0.2) is 74.7 Å². The molecule has 10 heteroatoms. The number of amides is 1. The molecule has 1 fully saturated rings. The van der Waals surface area contributed by atoms with Crippen LogP contribution in [0, 0.1) is 13.8 Å². The Labute approximate surface area is 188 Å². The summed E-state index contributed by atoms with van der Waals surface area (Å²) in [4.78, 5) is 16.4. The summed E-state index contributed by atoms with van der Waals surface area (Å²) in [5.74, 6) is -0.0385. The van der Waals surface area contributed by atoms with Crippen LogP contribution in [0.3, 0.4) is 0 Å². The normalized spacial score (nSPS) is 18.1. The molecule has 1 amide bonds. The molecule has 1 aromatic heterocycles. The first-order valence-corrected chi connectivity index (χ1v) is 10.9. The van der Waals surface area contributed by atoms with Gasteiger partial charge in [-0.25, -0.2) is 4.79 Å². The molecule has 1 aromatic carbocycles. The number of nitrogens with one attached hydrogen (secondary N) is 1. The average Bonchev–Trinajstić information content (AvgIpc) is 3.19. The van der Waals surface area contributed by atoms with Crippen LogP contribution in [0.5, 0.6) is 0 Å². The monoisotopic (exact) mass is 447 g/mol. The van der Waals surface area contributed by atoms with Crippen molar-refractivity contribution in [2.75, 3.05) is 31.6 Å². The molecule has 32 heavy (non-hydrogen) atoms. The van der Waals surface area contributed by atoms with Gasteiger partial charge in [-0.1, -0.05) is 11.2 Å². The Morgan fingerprint density at radius 2 is 2.06 bits per heavy atom. The van der Waals surface area contributed by atoms with Gasteiger partial charge in [-0.05, 0) is 57.4 Å². The quantitative estimate of drug-likeness (QED) is 0.587. The minimum absolute atomic E-state index is 0.0385. The molecule has 1 saturated heterocycles. The van der Waals surface area contributed by atoms with Crippen molar-refractivity contribution in [2.45, 2.75) is 59.4 Å². The summed E-state index contributed by atoms with van der Waals surface area (Å²) >= 11 is 0. The zero-order valence-corrected chi connectivity index (χ0v) is 19.3. The summed E-state index contributed by atoms with van der Waals surface area (Å²) in [5.41, 5.74) is 4.12. The summed E-state index contributed by atoms with van der Waals surface area (Å²) in [6.07, 6.45) is -1.59. The molecular weight excluding hydrogens is 414 g/mol. The third-order valence-corrected chi connectivity index (χ3v) is 5.48. The zero-order valence-electron chi connectivity index (χ0n) is 19.3. The van der Waals surface area contributed by atoms with E-state index in [1.54, 1.807) is 4.90 Å². The number of aliphatic hydroxyl groups is 2. The second kappa shape index (κ2) is 10.3. The molecule has 0 spiro atoms. The highest BCUT2D eigenvalue weighted by atomic mass is 16.6. The second-order valence-corrected chi connectivity index (χ2v) is 8.58. The maximum atomic E-state index is 12.3. The highest BCUT2D eigenvalue weighted by molar-refractivity contribution is 5.68. The van der Waals surface area contributed by atoms with Crippen LogP contribution in [0.15, 0.2) is 16.5 Å². The molecule has 0 saturated carbocycles. The Hall–Kier alpha value is -2.69. The zero-order chi connectivity index (χ0) is 23.4. The van der Waals surface area contributed by atoms with Crippen LogP contribution >= 0.6 is 0 Å². The lowest BCUT2D eigenvalue weighted by molar-refractivity contribution is 0.0349. The van der Waals surface area contributed by atoms with Gasteiger partial charge in [-0.2, -0.15) is 0 Å². The van der Waals surface area contributed by atoms with Crippen LogP contribution in [0.1, 0.15) is 49.5 Å². The molecule has 3 N–H and O–H groups in total. The number of benzene rings is 1. The van der Waals surface area contributed by atoms with Crippen molar-refractivity contribution < 1.29 is 24.2 Å². The van der Waals surface area contributed by atoms with E-state index < -0.39 is 12.7 Å². The molecule has 1 unspecified atom stereocenters. The van der Waals surface area contributed by atoms with Crippen molar-refractivity contribution in [3.05, 3.63) is 34.7 Å². The maximum Gasteiger partial charge on any atom is 0.410 e. The van der Waals surface area contributed by atoms with E-state index in [2.05, 4.69) is 26.5 Å². The number of aromatic nitrogens is 2. The van der Waals surface area contributed by atoms with E-state index in [1.807, 2.05) is 40.7 Å². The number of carbonyl (C=O) groups excluding carboxylic acids is 1. The summed E-state index contributed by atoms with van der Waals surface area (Å²) in [5, 5.41) is 29.4. The first-order valence-electron chi connectivity index (χ1n) is 10.9. The van der Waals surface area contributed by atoms with Gasteiger partial charge in [0.2, 0.25) is 5.89 Å². The van der Waals surface area contributed by atoms with Gasteiger partial charge in [0.05, 0.1) is 12.7 Å². The van der Waals surface area contributed by atoms with E-state index in [4.69, 9.17) is 14.3 Å². The van der Waals surface area contributed by atoms with Gasteiger partial charge in [0, 0.05) is 37.9 Å². The van der Waals surface area contributed by atoms with E-state index in [-0.39, 0.29) is 30.1 Å². The fourth-order valence-corrected chi connectivity index (χ4v) is 3.80. The van der Waals surface area contributed by atoms with Gasteiger partial charge in [-0.15, -0.1) is 5.10 Å². The van der Waals surface area contributed by atoms with Gasteiger partial charge >= 0.3 is 12.1 Å². The van der Waals surface area contributed by atoms with Crippen molar-refractivity contribution in [1.82, 2.24) is 20.0 Å². The summed E-state index contributed by atoms with van der Waals surface area (Å²) in [6, 6.07) is 4.36. The fourth-order valence-electron chi connectivity index (χ4n) is 3.80. The van der Waals surface area contributed by atoms with Crippen LogP contribution in [0.25, 0.3) is 0 Å². The minimum Gasteiger partial charge on any atom is -0.447 e. The van der Waals surface area contributed by atoms with Crippen molar-refractivity contribution in [2.24, 2.45) is 0 Å². The Bertz CT molecular complexity index is 931. The number of piperazine rings is 1. The SMILES string of the molecule is Cc1cc(CN2CCN(C(=O)OC(C)C)[C@@H](C)C2)c(C)c(Nc2nnc(C(O)CO)o2)c1. The third kappa shape index (κ3) is 5.76. The van der Waals surface area contributed by atoms with Crippen LogP contribution < -0.4 is 5.32 Å². The van der Waals surface area contributed by atoms with Crippen LogP contribution in [0.4, 0.5) is 16.5 Å². The summed E-state index contributed by atoms with van der Waals surface area (Å²) in [6.45, 7) is 12.2. The van der Waals surface area contributed by atoms with Crippen molar-refractivity contribution >= 4 is 17.8 Å². The predicted octanol–water partition coefficient (Wildman–Crippen LogP) is 2.51. The number of aliphatic hydroxyl groups excluding tert-OH is 2. The van der Waals surface area contributed by atoms with E-state index >= 15 is 0 Å². The molecular formula is C22H33N5O5. The first-order chi connectivity index (χ1) is 15.2. The summed E-state index contributed by atoms with van der Waals surface area (Å²) in [7, 11) is 0. The van der Waals surface area contributed by atoms with Crippen molar-refractivity contribution in [1.29, 1.82) is 0 Å². The smallest absolute Gasteiger partial charge is 0.410 e. The van der Waals surface area contributed by atoms with Crippen molar-refractivity contribution in [3.63, 3.8) is 0 Å². The molecule has 0 bridgehead atoms. The molecule has 2 aromatic rings. The van der Waals surface area contributed by atoms with Gasteiger partial charge in [0.1, 0.15) is 0 Å². The molecule has 0 aliphatic carbocycles. The topological polar surface area (TPSA) is 124 Å². The van der Waals surface area contributed by atoms with Gasteiger partial charge in [0.25, 0.3) is 0 Å². The van der Waals surface area contributed by atoms with Crippen LogP contribution in [-0.2, 0) is 11.3 Å². The van der Waals surface area contributed by atoms with Gasteiger partial charge in [0.15, 0.2) is 6.10 Å². The molecule has 176 valence electrons. The van der Waals surface area contributed by atoms with E-state index in [9.17, 15) is 9.90 Å². The van der Waals surface area contributed by atoms with Gasteiger partial charge in [-0.3, -0.25) is 4.90 Å². The highest BCUT2D eigenvalue weighted by Crippen LogP contribution is 2.27. The fraction of sp³-hybridized carbons (Fsp3) is 0.591. The molecule has 1 aliphatic rings. The number of ether oxygens (including phenoxy) is 1. The standard InChI is InChI=1S/C22H33N5O5/c1-13(2)31-22(30)27-7-6-26(10-15(27)4)11-17-8-14(3)9-18(16(17)5)23-21-25-24-20(32-21)19(29)12-28/h8-9,13,15,19,28-29H,6-7,10-12H2,1-5H3,(H,23,25)/t15-,19?/m0/s1. The molecule has 2 atom stereocenters. The number of hydrogen-bond acceptors (Lipinski definition) is 9. The lowest BCUT2D eigenvalue weighted by Gasteiger charge is -2.39. The highest BCUT2D eigenvalue weighted by Gasteiger charge is 2.29. The first kappa shape index (κ1) is 24.0. The Morgan fingerprint density at radius 3 is 2.72 bits per heavy atom. The maximum absolute atomic E-state index is 12.3. The largest absolute Gasteiger partial charge is 0.447 e. The Balaban J connectivity index is 1.68. The number of anilines is 2. The second-order valence-electron chi connectivity index (χ2n) is 8.58. The molecule has 0 radical (unpaired) electrons. The average molecular weight is 448 g/mol. The molecule has 2 heterocycles. The molecule has 3 rings (SSSR count). The van der Waals surface area contributed by atoms with Gasteiger partial charge < -0.3 is 29.6 Å². The van der Waals surface area contributed by atoms with E-state index in [0.29, 0.717) is 6.54 Å². The lowest BCUT2D eigenvalue weighted by Crippen LogP contribution is -2.54. The predicted molar refractivity (Wildman–Crippen MR) is 119 cm³/mol. The molecule has 1 aliphatic heterocycles. The van der Waals surface area contributed by atoms with E-state index in [1.165, 1.54) is 0 Å². The molecule has 10 nitrogen and oxygen atoms in total. The Morgan fingerprint density at radius 1 is 1.31 bits per heavy atom. The lowest BCUT2D eigenvalue weighted by atomic mass is 10.0. The van der Waals surface area contributed by atoms with Crippen LogP contribution in [0.2, 0.25) is 0 Å². The number of carbonyl (C=O) groups is 1. The van der Waals surface area contributed by atoms with E-state index in [0.717, 1.165) is 42.0 Å². The number of rotatable bonds is 7. The summed E-state index contributed by atoms with van der Waals surface area (Å²) < 4.78 is 10.8. The number of aryl methyl sites for hydroxylation is 1. The number of hydrogen-bond donors (Lipinski definition) is 3.